The van der Waals surface area contributed by atoms with E-state index in [1.807, 2.05) is 0 Å². The van der Waals surface area contributed by atoms with Crippen LogP contribution in [0.1, 0.15) is 11.4 Å². The van der Waals surface area contributed by atoms with Crippen LogP contribution in [0.15, 0.2) is 54.7 Å². The summed E-state index contributed by atoms with van der Waals surface area (Å²) in [6, 6.07) is -1.94. The first-order valence-corrected chi connectivity index (χ1v) is 26.5. The van der Waals surface area contributed by atoms with E-state index < -0.39 is 70.3 Å². The van der Waals surface area contributed by atoms with Crippen molar-refractivity contribution in [1.29, 1.82) is 0 Å². The molecule has 4 aliphatic rings. The zero-order valence-corrected chi connectivity index (χ0v) is 48.9. The molecule has 4 amide bonds. The molecule has 38 heteroatoms. The molecule has 0 saturated carbocycles. The fourth-order valence-electron chi connectivity index (χ4n) is 6.74. The average molecular weight is 1190 g/mol. The maximum Gasteiger partial charge on any atom is 1.00 e. The summed E-state index contributed by atoms with van der Waals surface area (Å²) in [6.07, 6.45) is 0. The first kappa shape index (κ1) is 60.6. The first-order valence-electron chi connectivity index (χ1n) is 19.8. The number of halogens is 2. The molecule has 74 heavy (non-hydrogen) atoms. The maximum absolute atomic E-state index is 12.9. The van der Waals surface area contributed by atoms with Crippen LogP contribution >= 0.6 is 92.9 Å². The second-order valence-electron chi connectivity index (χ2n) is 14.4. The van der Waals surface area contributed by atoms with E-state index in [9.17, 15) is 48.6 Å². The van der Waals surface area contributed by atoms with Crippen molar-refractivity contribution in [2.45, 2.75) is 46.2 Å². The second-order valence-corrected chi connectivity index (χ2v) is 20.7. The number of hydrogen-bond donors (Lipinski definition) is 4. The Balaban J connectivity index is 0.000000267. The summed E-state index contributed by atoms with van der Waals surface area (Å²) in [5.74, 6) is -5.94. The minimum Gasteiger partial charge on any atom is -0.543 e. The number of thiazole rings is 2. The third-order valence-electron chi connectivity index (χ3n) is 10.1. The molecule has 2 saturated heterocycles. The van der Waals surface area contributed by atoms with Gasteiger partial charge in [-0.05, 0) is 32.0 Å². The summed E-state index contributed by atoms with van der Waals surface area (Å²) < 4.78 is 11.6. The maximum atomic E-state index is 12.9. The number of carbonyl (C=O) groups is 8. The summed E-state index contributed by atoms with van der Waals surface area (Å²) in [6.45, 7) is -0.430. The largest absolute Gasteiger partial charge is 1.00 e. The number of esters is 2. The first-order chi connectivity index (χ1) is 34.5. The number of nitrogens with one attached hydrogen (secondary N) is 2. The molecule has 4 atom stereocenters. The number of β-lactam (4-membered cyclic amide) rings is 2. The van der Waals surface area contributed by atoms with Gasteiger partial charge in [-0.15, -0.1) is 56.4 Å². The van der Waals surface area contributed by atoms with Crippen LogP contribution in [0.25, 0.3) is 11.1 Å². The van der Waals surface area contributed by atoms with E-state index in [2.05, 4.69) is 61.1 Å². The molecule has 8 rings (SSSR count). The number of aromatic nitrogens is 10. The van der Waals surface area contributed by atoms with Gasteiger partial charge in [-0.25, -0.2) is 19.3 Å². The van der Waals surface area contributed by atoms with Gasteiger partial charge < -0.3 is 51.4 Å². The third kappa shape index (κ3) is 13.4. The molecule has 4 aliphatic heterocycles. The normalized spacial score (nSPS) is 19.0. The topological polar surface area (TPSA) is 397 Å². The number of thioether (sulfide) groups is 4. The standard InChI is InChI=1S/2C18H17ClN8O6S3.2Na/c2*1-33-10(28)3-26-18(23-24-25-26)36-5-7-4-34-15-11(14(30)27(15)12(7)16(31)32)22-13(29)8(2-19)9-6-35-17(20)21-9;;/h2*2,6,11,15H,3-5H2,1H3,(H2,20,21)(H,22,29)(H,31,32);;/q;;2*+1/p-2/b2*8-2+;;/t2*11?,15-;;/m11../s1. The van der Waals surface area contributed by atoms with Crippen molar-refractivity contribution in [3.05, 3.63) is 55.8 Å². The van der Waals surface area contributed by atoms with Crippen molar-refractivity contribution in [2.75, 3.05) is 48.7 Å². The Morgan fingerprint density at radius 1 is 0.716 bits per heavy atom. The summed E-state index contributed by atoms with van der Waals surface area (Å²) in [5, 5.41) is 54.0. The van der Waals surface area contributed by atoms with E-state index in [1.54, 1.807) is 10.8 Å². The zero-order chi connectivity index (χ0) is 52.0. The summed E-state index contributed by atoms with van der Waals surface area (Å²) in [4.78, 5) is 108. The molecule has 0 bridgehead atoms. The van der Waals surface area contributed by atoms with Crippen LogP contribution in [0.5, 0.6) is 0 Å². The van der Waals surface area contributed by atoms with Crippen molar-refractivity contribution in [1.82, 2.24) is 70.8 Å². The number of carbonyl (C=O) groups excluding carboxylic acids is 8. The summed E-state index contributed by atoms with van der Waals surface area (Å²) in [7, 11) is 2.46. The van der Waals surface area contributed by atoms with Gasteiger partial charge in [0.25, 0.3) is 23.6 Å². The Hall–Kier alpha value is -4.30. The predicted octanol–water partition coefficient (Wildman–Crippen LogP) is -8.67. The molecule has 0 spiro atoms. The number of aliphatic carboxylic acids is 2. The predicted molar refractivity (Wildman–Crippen MR) is 256 cm³/mol. The molecule has 8 heterocycles. The van der Waals surface area contributed by atoms with Crippen LogP contribution in [0.2, 0.25) is 0 Å². The Bertz CT molecular complexity index is 2790. The van der Waals surface area contributed by atoms with Crippen molar-refractivity contribution < 1.29 is 117 Å². The molecule has 0 radical (unpaired) electrons. The SMILES string of the molecule is COC(=O)Cn1nnnc1SCC1=C(C(=O)[O-])N2C(=O)C(NC(=O)/C(=C/Cl)c3csc(N)n3)[C@H]2SC1.COC(=O)Cn1nnnc1SCC1=C(C(=O)[O-])N2C(=O)C(NC(=O)/C(=C/Cl)c3csc(N)n3)[C@H]2SC1.[Na+].[Na+]. The van der Waals surface area contributed by atoms with Gasteiger partial charge in [0.05, 0.1) is 60.1 Å². The van der Waals surface area contributed by atoms with Crippen LogP contribution in [0.4, 0.5) is 10.3 Å². The van der Waals surface area contributed by atoms with Gasteiger partial charge in [-0.2, -0.15) is 0 Å². The monoisotopic (exact) mass is 1190 g/mol. The molecule has 2 fully saturated rings. The number of ether oxygens (including phenoxy) is 2. The number of nitrogen functional groups attached to an aromatic ring is 2. The van der Waals surface area contributed by atoms with Gasteiger partial charge in [-0.3, -0.25) is 38.6 Å². The van der Waals surface area contributed by atoms with Crippen molar-refractivity contribution in [3.8, 4) is 0 Å². The van der Waals surface area contributed by atoms with Crippen LogP contribution in [0.3, 0.4) is 0 Å². The van der Waals surface area contributed by atoms with E-state index >= 15 is 0 Å². The molecule has 380 valence electrons. The number of rotatable bonds is 18. The Morgan fingerprint density at radius 2 is 1.09 bits per heavy atom. The van der Waals surface area contributed by atoms with Gasteiger partial charge >= 0.3 is 71.1 Å². The summed E-state index contributed by atoms with van der Waals surface area (Å²) >= 11 is 18.6. The van der Waals surface area contributed by atoms with Gasteiger partial charge in [0.15, 0.2) is 10.3 Å². The molecule has 4 aromatic heterocycles. The van der Waals surface area contributed by atoms with Crippen LogP contribution in [0, 0.1) is 0 Å². The number of nitrogens with two attached hydrogens (primary N) is 2. The van der Waals surface area contributed by atoms with E-state index in [0.29, 0.717) is 11.1 Å². The minimum atomic E-state index is -1.53. The minimum absolute atomic E-state index is 0. The third-order valence-corrected chi connectivity index (χ3v) is 16.7. The van der Waals surface area contributed by atoms with E-state index in [1.165, 1.54) is 47.1 Å². The fraction of sp³-hybridized carbons (Fsp3) is 0.333. The molecule has 2 unspecified atom stereocenters. The molecule has 28 nitrogen and oxygen atoms in total. The van der Waals surface area contributed by atoms with Crippen molar-refractivity contribution in [2.24, 2.45) is 0 Å². The molecule has 6 N–H and O–H groups in total. The number of amides is 4. The molecule has 0 aromatic carbocycles. The molecule has 4 aromatic rings. The number of nitrogens with zero attached hydrogens (tertiary/aromatic N) is 12. The number of tetrazole rings is 2. The van der Waals surface area contributed by atoms with E-state index in [4.69, 9.17) is 34.7 Å². The summed E-state index contributed by atoms with van der Waals surface area (Å²) in [5.41, 5.74) is 14.1. The smallest absolute Gasteiger partial charge is 0.543 e. The van der Waals surface area contributed by atoms with Crippen LogP contribution in [-0.2, 0) is 60.9 Å². The van der Waals surface area contributed by atoms with Crippen LogP contribution in [-0.4, -0.2) is 168 Å². The number of hydrogen-bond acceptors (Lipinski definition) is 28. The Morgan fingerprint density at radius 3 is 1.41 bits per heavy atom. The van der Waals surface area contributed by atoms with E-state index in [0.717, 1.165) is 67.1 Å². The Kier molecular flexibility index (Phi) is 22.2. The average Bonchev–Trinajstić information content (AvgIpc) is 4.20. The molecule has 0 aliphatic carbocycles. The fourth-order valence-corrected chi connectivity index (χ4v) is 13.0. The van der Waals surface area contributed by atoms with Crippen molar-refractivity contribution >= 4 is 162 Å². The number of methoxy groups -OCH3 is 2. The number of fused-ring (bicyclic) bond motifs is 2. The number of carboxylic acid groups (broad SMARTS) is 2. The zero-order valence-electron chi connectivity index (χ0n) is 38.5. The molecular weight excluding hydrogens is 1160 g/mol. The van der Waals surface area contributed by atoms with Gasteiger partial charge in [0, 0.05) is 44.8 Å². The van der Waals surface area contributed by atoms with Gasteiger partial charge in [0.1, 0.15) is 35.9 Å². The Labute approximate surface area is 495 Å². The van der Waals surface area contributed by atoms with Crippen LogP contribution < -0.4 is 91.4 Å². The van der Waals surface area contributed by atoms with Gasteiger partial charge in [0.2, 0.25) is 10.3 Å². The molecular formula is C36H32Cl2N16Na2O12S6. The quantitative estimate of drug-likeness (QED) is 0.0236. The van der Waals surface area contributed by atoms with Gasteiger partial charge in [-0.1, -0.05) is 46.7 Å². The number of carboxylic acids is 2. The van der Waals surface area contributed by atoms with E-state index in [-0.39, 0.29) is 150 Å². The second kappa shape index (κ2) is 27.1. The number of anilines is 2. The van der Waals surface area contributed by atoms with Crippen molar-refractivity contribution in [3.63, 3.8) is 0 Å².